The highest BCUT2D eigenvalue weighted by Crippen LogP contribution is 2.54. The van der Waals surface area contributed by atoms with Crippen molar-refractivity contribution in [1.82, 2.24) is 5.32 Å². The van der Waals surface area contributed by atoms with Crippen LogP contribution in [0.15, 0.2) is 83.8 Å². The van der Waals surface area contributed by atoms with Crippen molar-refractivity contribution in [3.63, 3.8) is 0 Å². The molecule has 0 bridgehead atoms. The maximum absolute atomic E-state index is 14.4. The van der Waals surface area contributed by atoms with E-state index < -0.39 is 62.7 Å². The van der Waals surface area contributed by atoms with Crippen molar-refractivity contribution in [1.29, 1.82) is 0 Å². The molecule has 14 heteroatoms. The summed E-state index contributed by atoms with van der Waals surface area (Å²) in [5.74, 6) is -0.724. The molecule has 0 radical (unpaired) electrons. The van der Waals surface area contributed by atoms with Crippen LogP contribution in [0.1, 0.15) is 42.4 Å². The molecule has 3 aromatic carbocycles. The molecule has 0 atom stereocenters. The van der Waals surface area contributed by atoms with Crippen LogP contribution < -0.4 is 5.32 Å². The summed E-state index contributed by atoms with van der Waals surface area (Å²) < 4.78 is 130. The standard InChI is InChI=1S/C29H26F7NO5S/c30-22-10-12-24(13-11-22)43(40,41)26(16-14-23(15-17-26)37-25(38)39)20-6-8-21(9-7-20)27(28(31,32)33,29(34,35)36)42-18-19-4-2-1-3-5-19/h1-13,23,37H,14-18H2,(H,38,39). The molecule has 0 spiro atoms. The summed E-state index contributed by atoms with van der Waals surface area (Å²) in [6, 6.07) is 13.1. The molecule has 43 heavy (non-hydrogen) atoms. The van der Waals surface area contributed by atoms with Gasteiger partial charge in [-0.1, -0.05) is 54.6 Å². The number of carbonyl (C=O) groups is 1. The Kier molecular flexibility index (Phi) is 8.85. The Morgan fingerprint density at radius 1 is 0.860 bits per heavy atom. The molecule has 0 unspecified atom stereocenters. The van der Waals surface area contributed by atoms with E-state index in [0.717, 1.165) is 36.4 Å². The van der Waals surface area contributed by atoms with Crippen molar-refractivity contribution < 1.29 is 53.8 Å². The van der Waals surface area contributed by atoms with Gasteiger partial charge in [-0.25, -0.2) is 17.6 Å². The molecule has 1 amide bonds. The second-order valence-corrected chi connectivity index (χ2v) is 12.5. The lowest BCUT2D eigenvalue weighted by molar-refractivity contribution is -0.392. The molecule has 1 aliphatic rings. The van der Waals surface area contributed by atoms with Gasteiger partial charge in [-0.3, -0.25) is 0 Å². The van der Waals surface area contributed by atoms with Crippen LogP contribution in [0.25, 0.3) is 0 Å². The summed E-state index contributed by atoms with van der Waals surface area (Å²) >= 11 is 0. The van der Waals surface area contributed by atoms with E-state index in [4.69, 9.17) is 5.11 Å². The number of amides is 1. The molecular formula is C29H26F7NO5S. The van der Waals surface area contributed by atoms with E-state index in [0.29, 0.717) is 12.1 Å². The highest BCUT2D eigenvalue weighted by Gasteiger charge is 2.73. The van der Waals surface area contributed by atoms with Crippen molar-refractivity contribution in [2.45, 2.75) is 65.9 Å². The van der Waals surface area contributed by atoms with Gasteiger partial charge in [-0.15, -0.1) is 0 Å². The number of rotatable bonds is 8. The maximum Gasteiger partial charge on any atom is 0.430 e. The normalized spacial score (nSPS) is 20.0. The summed E-state index contributed by atoms with van der Waals surface area (Å²) in [6.45, 7) is -1.03. The lowest BCUT2D eigenvalue weighted by Crippen LogP contribution is -2.55. The molecule has 232 valence electrons. The summed E-state index contributed by atoms with van der Waals surface area (Å²) in [7, 11) is -4.41. The average molecular weight is 634 g/mol. The Labute approximate surface area is 242 Å². The van der Waals surface area contributed by atoms with Crippen molar-refractivity contribution in [2.75, 3.05) is 0 Å². The highest BCUT2D eigenvalue weighted by molar-refractivity contribution is 7.92. The van der Waals surface area contributed by atoms with E-state index in [9.17, 15) is 43.9 Å². The first-order valence-electron chi connectivity index (χ1n) is 13.0. The quantitative estimate of drug-likeness (QED) is 0.202. The summed E-state index contributed by atoms with van der Waals surface area (Å²) in [5, 5.41) is 11.3. The molecule has 0 aliphatic heterocycles. The third-order valence-corrected chi connectivity index (χ3v) is 10.2. The van der Waals surface area contributed by atoms with Crippen LogP contribution in [0.3, 0.4) is 0 Å². The minimum Gasteiger partial charge on any atom is -0.465 e. The van der Waals surface area contributed by atoms with Crippen LogP contribution in [0.2, 0.25) is 0 Å². The number of halogens is 7. The minimum atomic E-state index is -5.96. The fourth-order valence-corrected chi connectivity index (χ4v) is 7.63. The monoisotopic (exact) mass is 633 g/mol. The van der Waals surface area contributed by atoms with Gasteiger partial charge in [0.1, 0.15) is 10.6 Å². The predicted molar refractivity (Wildman–Crippen MR) is 140 cm³/mol. The number of carboxylic acid groups (broad SMARTS) is 1. The third-order valence-electron chi connectivity index (χ3n) is 7.67. The second kappa shape index (κ2) is 11.8. The SMILES string of the molecule is O=C(O)NC1CCC(c2ccc(C(OCc3ccccc3)(C(F)(F)F)C(F)(F)F)cc2)(S(=O)(=O)c2ccc(F)cc2)CC1. The number of hydrogen-bond acceptors (Lipinski definition) is 4. The first-order chi connectivity index (χ1) is 20.0. The van der Waals surface area contributed by atoms with E-state index in [1.807, 2.05) is 0 Å². The predicted octanol–water partition coefficient (Wildman–Crippen LogP) is 7.24. The lowest BCUT2D eigenvalue weighted by atomic mass is 9.79. The maximum atomic E-state index is 14.4. The van der Waals surface area contributed by atoms with Gasteiger partial charge in [0.25, 0.3) is 5.60 Å². The molecule has 1 fully saturated rings. The van der Waals surface area contributed by atoms with Gasteiger partial charge in [0.15, 0.2) is 9.84 Å². The first kappa shape index (κ1) is 32.3. The van der Waals surface area contributed by atoms with Crippen LogP contribution in [0.4, 0.5) is 35.5 Å². The summed E-state index contributed by atoms with van der Waals surface area (Å²) in [6.07, 6.45) is -13.7. The van der Waals surface area contributed by atoms with Crippen LogP contribution in [-0.4, -0.2) is 38.0 Å². The number of alkyl halides is 6. The zero-order valence-corrected chi connectivity index (χ0v) is 23.1. The van der Waals surface area contributed by atoms with Crippen molar-refractivity contribution in [3.8, 4) is 0 Å². The van der Waals surface area contributed by atoms with E-state index >= 15 is 0 Å². The Balaban J connectivity index is 1.81. The van der Waals surface area contributed by atoms with Gasteiger partial charge >= 0.3 is 18.4 Å². The zero-order valence-electron chi connectivity index (χ0n) is 22.3. The second-order valence-electron chi connectivity index (χ2n) is 10.2. The molecule has 6 nitrogen and oxygen atoms in total. The number of nitrogens with one attached hydrogen (secondary N) is 1. The van der Waals surface area contributed by atoms with Crippen molar-refractivity contribution >= 4 is 15.9 Å². The van der Waals surface area contributed by atoms with Crippen molar-refractivity contribution in [3.05, 3.63) is 101 Å². The number of sulfone groups is 1. The zero-order chi connectivity index (χ0) is 31.7. The average Bonchev–Trinajstić information content (AvgIpc) is 2.93. The molecule has 0 aromatic heterocycles. The van der Waals surface area contributed by atoms with E-state index in [1.54, 1.807) is 0 Å². The number of ether oxygens (including phenoxy) is 1. The largest absolute Gasteiger partial charge is 0.465 e. The van der Waals surface area contributed by atoms with Crippen LogP contribution in [-0.2, 0) is 31.5 Å². The van der Waals surface area contributed by atoms with Crippen LogP contribution in [0, 0.1) is 5.82 Å². The Hall–Kier alpha value is -3.65. The van der Waals surface area contributed by atoms with E-state index in [2.05, 4.69) is 10.1 Å². The van der Waals surface area contributed by atoms with Gasteiger partial charge in [0, 0.05) is 11.6 Å². The van der Waals surface area contributed by atoms with Crippen LogP contribution >= 0.6 is 0 Å². The number of hydrogen-bond donors (Lipinski definition) is 2. The summed E-state index contributed by atoms with van der Waals surface area (Å²) in [5.41, 5.74) is -6.08. The molecule has 3 aromatic rings. The molecule has 4 rings (SSSR count). The Morgan fingerprint density at radius 3 is 1.88 bits per heavy atom. The molecule has 2 N–H and O–H groups in total. The molecule has 1 aliphatic carbocycles. The van der Waals surface area contributed by atoms with Gasteiger partial charge in [-0.05, 0) is 61.1 Å². The fourth-order valence-electron chi connectivity index (χ4n) is 5.46. The minimum absolute atomic E-state index is 0.00367. The smallest absolute Gasteiger partial charge is 0.430 e. The molecule has 0 heterocycles. The fraction of sp³-hybridized carbons (Fsp3) is 0.345. The highest BCUT2D eigenvalue weighted by atomic mass is 32.2. The molecular weight excluding hydrogens is 607 g/mol. The van der Waals surface area contributed by atoms with Crippen molar-refractivity contribution in [2.24, 2.45) is 0 Å². The number of benzene rings is 3. The summed E-state index contributed by atoms with van der Waals surface area (Å²) in [4.78, 5) is 10.8. The van der Waals surface area contributed by atoms with E-state index in [1.165, 1.54) is 30.3 Å². The topological polar surface area (TPSA) is 92.7 Å². The Bertz CT molecular complexity index is 1500. The lowest BCUT2D eigenvalue weighted by Gasteiger charge is -2.41. The molecule has 1 saturated carbocycles. The van der Waals surface area contributed by atoms with E-state index in [-0.39, 0.29) is 41.7 Å². The van der Waals surface area contributed by atoms with Gasteiger partial charge < -0.3 is 15.2 Å². The first-order valence-corrected chi connectivity index (χ1v) is 14.4. The third kappa shape index (κ3) is 6.07. The van der Waals surface area contributed by atoms with Crippen LogP contribution in [0.5, 0.6) is 0 Å². The Morgan fingerprint density at radius 2 is 1.40 bits per heavy atom. The molecule has 0 saturated heterocycles. The van der Waals surface area contributed by atoms with Gasteiger partial charge in [-0.2, -0.15) is 26.3 Å². The van der Waals surface area contributed by atoms with Gasteiger partial charge in [0.2, 0.25) is 0 Å². The van der Waals surface area contributed by atoms with Gasteiger partial charge in [0.05, 0.1) is 11.5 Å².